The molecule has 3 rings (SSSR count). The van der Waals surface area contributed by atoms with Crippen LogP contribution in [0.15, 0.2) is 34.9 Å². The van der Waals surface area contributed by atoms with Gasteiger partial charge in [0.05, 0.1) is 5.92 Å². The van der Waals surface area contributed by atoms with Crippen molar-refractivity contribution in [2.45, 2.75) is 19.8 Å². The average molecular weight is 356 g/mol. The molecule has 138 valence electrons. The van der Waals surface area contributed by atoms with Gasteiger partial charge < -0.3 is 20.5 Å². The van der Waals surface area contributed by atoms with Crippen LogP contribution in [-0.4, -0.2) is 48.0 Å². The molecule has 1 saturated heterocycles. The van der Waals surface area contributed by atoms with Crippen LogP contribution < -0.4 is 11.1 Å². The SMILES string of the molecule is Cc1ccc(-c2cc(C(=O)N3CCCC(C(=O)NCCN)C3)on2)cc1. The number of nitrogens with zero attached hydrogens (tertiary/aromatic N) is 2. The van der Waals surface area contributed by atoms with Crippen molar-refractivity contribution in [3.63, 3.8) is 0 Å². The lowest BCUT2D eigenvalue weighted by Gasteiger charge is -2.31. The second kappa shape index (κ2) is 8.14. The van der Waals surface area contributed by atoms with Crippen LogP contribution >= 0.6 is 0 Å². The Morgan fingerprint density at radius 3 is 2.85 bits per heavy atom. The van der Waals surface area contributed by atoms with Gasteiger partial charge in [0.2, 0.25) is 11.7 Å². The molecule has 1 aliphatic heterocycles. The summed E-state index contributed by atoms with van der Waals surface area (Å²) >= 11 is 0. The van der Waals surface area contributed by atoms with Crippen LogP contribution in [0.5, 0.6) is 0 Å². The molecule has 0 spiro atoms. The van der Waals surface area contributed by atoms with Crippen molar-refractivity contribution in [1.29, 1.82) is 0 Å². The van der Waals surface area contributed by atoms with Gasteiger partial charge in [-0.05, 0) is 19.8 Å². The topological polar surface area (TPSA) is 101 Å². The van der Waals surface area contributed by atoms with Gasteiger partial charge in [-0.25, -0.2) is 0 Å². The first-order chi connectivity index (χ1) is 12.6. The highest BCUT2D eigenvalue weighted by Crippen LogP contribution is 2.23. The Balaban J connectivity index is 1.67. The summed E-state index contributed by atoms with van der Waals surface area (Å²) in [5, 5.41) is 6.80. The number of nitrogens with two attached hydrogens (primary N) is 1. The molecule has 26 heavy (non-hydrogen) atoms. The second-order valence-corrected chi connectivity index (χ2v) is 6.61. The molecule has 1 fully saturated rings. The van der Waals surface area contributed by atoms with E-state index in [-0.39, 0.29) is 23.5 Å². The summed E-state index contributed by atoms with van der Waals surface area (Å²) in [5.41, 5.74) is 8.10. The second-order valence-electron chi connectivity index (χ2n) is 6.61. The van der Waals surface area contributed by atoms with Gasteiger partial charge in [0.25, 0.3) is 5.91 Å². The molecule has 1 aromatic heterocycles. The molecule has 0 saturated carbocycles. The van der Waals surface area contributed by atoms with Crippen LogP contribution in [0.2, 0.25) is 0 Å². The Morgan fingerprint density at radius 2 is 2.12 bits per heavy atom. The molecule has 0 aliphatic carbocycles. The number of rotatable bonds is 5. The van der Waals surface area contributed by atoms with Crippen molar-refractivity contribution < 1.29 is 14.1 Å². The minimum absolute atomic E-state index is 0.0501. The van der Waals surface area contributed by atoms with E-state index in [9.17, 15) is 9.59 Å². The molecule has 2 aromatic rings. The van der Waals surface area contributed by atoms with Gasteiger partial charge in [0, 0.05) is 37.8 Å². The molecule has 7 nitrogen and oxygen atoms in total. The van der Waals surface area contributed by atoms with Crippen LogP contribution in [-0.2, 0) is 4.79 Å². The fourth-order valence-electron chi connectivity index (χ4n) is 3.11. The summed E-state index contributed by atoms with van der Waals surface area (Å²) in [6.07, 6.45) is 1.55. The van der Waals surface area contributed by atoms with E-state index >= 15 is 0 Å². The van der Waals surface area contributed by atoms with Crippen LogP contribution in [0.3, 0.4) is 0 Å². The van der Waals surface area contributed by atoms with E-state index in [1.165, 1.54) is 0 Å². The number of carbonyl (C=O) groups is 2. The van der Waals surface area contributed by atoms with E-state index in [0.717, 1.165) is 24.0 Å². The van der Waals surface area contributed by atoms with Crippen molar-refractivity contribution in [3.05, 3.63) is 41.7 Å². The van der Waals surface area contributed by atoms with Gasteiger partial charge in [-0.15, -0.1) is 0 Å². The van der Waals surface area contributed by atoms with Crippen LogP contribution in [0.1, 0.15) is 29.0 Å². The zero-order valence-electron chi connectivity index (χ0n) is 14.9. The number of amides is 2. The lowest BCUT2D eigenvalue weighted by atomic mass is 9.97. The predicted octanol–water partition coefficient (Wildman–Crippen LogP) is 1.58. The first-order valence-corrected chi connectivity index (χ1v) is 8.89. The molecule has 2 amide bonds. The number of hydrogen-bond donors (Lipinski definition) is 2. The highest BCUT2D eigenvalue weighted by Gasteiger charge is 2.30. The van der Waals surface area contributed by atoms with Gasteiger partial charge in [-0.3, -0.25) is 9.59 Å². The van der Waals surface area contributed by atoms with Crippen molar-refractivity contribution >= 4 is 11.8 Å². The van der Waals surface area contributed by atoms with Crippen molar-refractivity contribution in [2.24, 2.45) is 11.7 Å². The maximum absolute atomic E-state index is 12.7. The lowest BCUT2D eigenvalue weighted by Crippen LogP contribution is -2.46. The lowest BCUT2D eigenvalue weighted by molar-refractivity contribution is -0.126. The fraction of sp³-hybridized carbons (Fsp3) is 0.421. The average Bonchev–Trinajstić information content (AvgIpc) is 3.16. The third kappa shape index (κ3) is 4.11. The van der Waals surface area contributed by atoms with E-state index in [0.29, 0.717) is 31.9 Å². The third-order valence-electron chi connectivity index (χ3n) is 4.59. The van der Waals surface area contributed by atoms with E-state index in [1.807, 2.05) is 31.2 Å². The molecular weight excluding hydrogens is 332 g/mol. The smallest absolute Gasteiger partial charge is 0.292 e. The first-order valence-electron chi connectivity index (χ1n) is 8.89. The summed E-state index contributed by atoms with van der Waals surface area (Å²) in [5.74, 6) is -0.291. The highest BCUT2D eigenvalue weighted by atomic mass is 16.5. The molecule has 1 aliphatic rings. The van der Waals surface area contributed by atoms with Gasteiger partial charge in [0.15, 0.2) is 0 Å². The number of piperidine rings is 1. The molecule has 1 atom stereocenters. The quantitative estimate of drug-likeness (QED) is 0.847. The van der Waals surface area contributed by atoms with Crippen molar-refractivity contribution in [2.75, 3.05) is 26.2 Å². The Hall–Kier alpha value is -2.67. The Labute approximate surface area is 152 Å². The molecule has 1 aromatic carbocycles. The van der Waals surface area contributed by atoms with Crippen LogP contribution in [0.25, 0.3) is 11.3 Å². The standard InChI is InChI=1S/C19H24N4O3/c1-13-4-6-14(7-5-13)16-11-17(26-22-16)19(25)23-10-2-3-15(12-23)18(24)21-9-8-20/h4-7,11,15H,2-3,8-10,12,20H2,1H3,(H,21,24). The van der Waals surface area contributed by atoms with Crippen LogP contribution in [0.4, 0.5) is 0 Å². The van der Waals surface area contributed by atoms with Gasteiger partial charge in [0.1, 0.15) is 5.69 Å². The number of aromatic nitrogens is 1. The Kier molecular flexibility index (Phi) is 5.68. The summed E-state index contributed by atoms with van der Waals surface area (Å²) in [6, 6.07) is 9.52. The molecule has 0 bridgehead atoms. The normalized spacial score (nSPS) is 17.2. The molecular formula is C19H24N4O3. The van der Waals surface area contributed by atoms with Gasteiger partial charge >= 0.3 is 0 Å². The van der Waals surface area contributed by atoms with Crippen molar-refractivity contribution in [1.82, 2.24) is 15.4 Å². The first kappa shape index (κ1) is 18.1. The molecule has 0 radical (unpaired) electrons. The largest absolute Gasteiger partial charge is 0.355 e. The van der Waals surface area contributed by atoms with E-state index in [2.05, 4.69) is 10.5 Å². The monoisotopic (exact) mass is 356 g/mol. The minimum atomic E-state index is -0.229. The molecule has 7 heteroatoms. The predicted molar refractivity (Wildman–Crippen MR) is 97.4 cm³/mol. The maximum atomic E-state index is 12.7. The van der Waals surface area contributed by atoms with Crippen molar-refractivity contribution in [3.8, 4) is 11.3 Å². The van der Waals surface area contributed by atoms with Gasteiger partial charge in [-0.1, -0.05) is 35.0 Å². The minimum Gasteiger partial charge on any atom is -0.355 e. The number of aryl methyl sites for hydroxylation is 1. The molecule has 1 unspecified atom stereocenters. The van der Waals surface area contributed by atoms with E-state index < -0.39 is 0 Å². The summed E-state index contributed by atoms with van der Waals surface area (Å²) in [6.45, 7) is 3.86. The van der Waals surface area contributed by atoms with E-state index in [1.54, 1.807) is 11.0 Å². The fourth-order valence-corrected chi connectivity index (χ4v) is 3.11. The summed E-state index contributed by atoms with van der Waals surface area (Å²) < 4.78 is 5.27. The zero-order valence-corrected chi connectivity index (χ0v) is 14.9. The van der Waals surface area contributed by atoms with Gasteiger partial charge in [-0.2, -0.15) is 0 Å². The number of benzene rings is 1. The molecule has 2 heterocycles. The Bertz CT molecular complexity index is 769. The van der Waals surface area contributed by atoms with Crippen LogP contribution in [0, 0.1) is 12.8 Å². The highest BCUT2D eigenvalue weighted by molar-refractivity contribution is 5.93. The third-order valence-corrected chi connectivity index (χ3v) is 4.59. The Morgan fingerprint density at radius 1 is 1.35 bits per heavy atom. The number of carbonyl (C=O) groups excluding carboxylic acids is 2. The summed E-state index contributed by atoms with van der Waals surface area (Å²) in [4.78, 5) is 26.5. The summed E-state index contributed by atoms with van der Waals surface area (Å²) in [7, 11) is 0. The molecule has 3 N–H and O–H groups in total. The number of nitrogens with one attached hydrogen (secondary N) is 1. The number of hydrogen-bond acceptors (Lipinski definition) is 5. The zero-order chi connectivity index (χ0) is 18.5. The number of likely N-dealkylation sites (tertiary alicyclic amines) is 1. The van der Waals surface area contributed by atoms with E-state index in [4.69, 9.17) is 10.3 Å². The maximum Gasteiger partial charge on any atom is 0.292 e.